The quantitative estimate of drug-likeness (QED) is 0.436. The third kappa shape index (κ3) is 4.88. The van der Waals surface area contributed by atoms with Crippen LogP contribution in [0.25, 0.3) is 10.2 Å². The molecule has 1 aromatic heterocycles. The molecule has 0 atom stereocenters. The summed E-state index contributed by atoms with van der Waals surface area (Å²) in [6.45, 7) is 1.44. The normalized spacial score (nSPS) is 14.8. The molecule has 1 aliphatic heterocycles. The van der Waals surface area contributed by atoms with Crippen molar-refractivity contribution in [3.05, 3.63) is 88.9 Å². The van der Waals surface area contributed by atoms with E-state index in [0.29, 0.717) is 37.6 Å². The number of morpholine rings is 1. The molecule has 34 heavy (non-hydrogen) atoms. The zero-order chi connectivity index (χ0) is 23.5. The predicted molar refractivity (Wildman–Crippen MR) is 133 cm³/mol. The summed E-state index contributed by atoms with van der Waals surface area (Å²) in [7, 11) is -3.59. The van der Waals surface area contributed by atoms with Gasteiger partial charge in [0, 0.05) is 30.8 Å². The second kappa shape index (κ2) is 9.63. The van der Waals surface area contributed by atoms with E-state index in [1.165, 1.54) is 33.3 Å². The minimum absolute atomic E-state index is 0.171. The Labute approximate surface area is 202 Å². The number of anilines is 1. The van der Waals surface area contributed by atoms with Crippen LogP contribution in [0.2, 0.25) is 0 Å². The van der Waals surface area contributed by atoms with E-state index in [-0.39, 0.29) is 10.8 Å². The van der Waals surface area contributed by atoms with Crippen molar-refractivity contribution in [2.75, 3.05) is 31.6 Å². The molecule has 1 saturated heterocycles. The van der Waals surface area contributed by atoms with Gasteiger partial charge in [-0.25, -0.2) is 13.4 Å². The number of hydrogen-bond acceptors (Lipinski definition) is 6. The Morgan fingerprint density at radius 2 is 1.68 bits per heavy atom. The van der Waals surface area contributed by atoms with Gasteiger partial charge in [0.05, 0.1) is 33.3 Å². The zero-order valence-electron chi connectivity index (χ0n) is 18.3. The molecule has 0 radical (unpaired) electrons. The monoisotopic (exact) mass is 493 g/mol. The summed E-state index contributed by atoms with van der Waals surface area (Å²) < 4.78 is 33.3. The molecule has 0 aliphatic carbocycles. The third-order valence-electron chi connectivity index (χ3n) is 5.63. The average molecular weight is 494 g/mol. The number of carbonyl (C=O) groups is 1. The van der Waals surface area contributed by atoms with Gasteiger partial charge in [-0.1, -0.05) is 24.3 Å². The average Bonchev–Trinajstić information content (AvgIpc) is 3.28. The molecular weight excluding hydrogens is 470 g/mol. The van der Waals surface area contributed by atoms with Gasteiger partial charge in [0.1, 0.15) is 0 Å². The van der Waals surface area contributed by atoms with Gasteiger partial charge >= 0.3 is 0 Å². The molecule has 9 heteroatoms. The number of sulfonamides is 1. The standard InChI is InChI=1S/C25H23N3O4S2/c29-25(19-7-11-21(12-8-19)34(30,31)28-13-15-32-16-14-28)26-20-9-5-18(6-10-20)17-24-27-22-3-1-2-4-23(22)33-24/h1-12H,13-17H2,(H,26,29). The Bertz CT molecular complexity index is 1380. The van der Waals surface area contributed by atoms with Crippen molar-refractivity contribution in [1.82, 2.24) is 9.29 Å². The molecule has 7 nitrogen and oxygen atoms in total. The lowest BCUT2D eigenvalue weighted by Crippen LogP contribution is -2.40. The van der Waals surface area contributed by atoms with Crippen LogP contribution >= 0.6 is 11.3 Å². The van der Waals surface area contributed by atoms with Gasteiger partial charge in [0.15, 0.2) is 0 Å². The van der Waals surface area contributed by atoms with Crippen LogP contribution in [-0.4, -0.2) is 49.9 Å². The van der Waals surface area contributed by atoms with Crippen molar-refractivity contribution in [3.63, 3.8) is 0 Å². The highest BCUT2D eigenvalue weighted by atomic mass is 32.2. The van der Waals surface area contributed by atoms with Gasteiger partial charge in [-0.3, -0.25) is 4.79 Å². The number of amides is 1. The Hall–Kier alpha value is -3.11. The molecule has 174 valence electrons. The number of thiazole rings is 1. The summed E-state index contributed by atoms with van der Waals surface area (Å²) in [6.07, 6.45) is 0.729. The largest absolute Gasteiger partial charge is 0.379 e. The lowest BCUT2D eigenvalue weighted by molar-refractivity contribution is 0.0730. The highest BCUT2D eigenvalue weighted by Gasteiger charge is 2.26. The summed E-state index contributed by atoms with van der Waals surface area (Å²) >= 11 is 1.68. The summed E-state index contributed by atoms with van der Waals surface area (Å²) in [5.74, 6) is -0.297. The summed E-state index contributed by atoms with van der Waals surface area (Å²) in [4.78, 5) is 17.5. The number of nitrogens with zero attached hydrogens (tertiary/aromatic N) is 2. The second-order valence-corrected chi connectivity index (χ2v) is 11.0. The van der Waals surface area contributed by atoms with Crippen molar-refractivity contribution in [2.45, 2.75) is 11.3 Å². The van der Waals surface area contributed by atoms with E-state index in [0.717, 1.165) is 22.5 Å². The minimum Gasteiger partial charge on any atom is -0.379 e. The maximum Gasteiger partial charge on any atom is 0.255 e. The molecule has 3 aromatic carbocycles. The molecule has 1 aliphatic rings. The van der Waals surface area contributed by atoms with Crippen molar-refractivity contribution < 1.29 is 17.9 Å². The van der Waals surface area contributed by atoms with E-state index < -0.39 is 10.0 Å². The van der Waals surface area contributed by atoms with Crippen LogP contribution in [0.15, 0.2) is 77.7 Å². The first-order valence-corrected chi connectivity index (χ1v) is 13.2. The fourth-order valence-corrected chi connectivity index (χ4v) is 6.20. The topological polar surface area (TPSA) is 88.6 Å². The van der Waals surface area contributed by atoms with E-state index in [1.54, 1.807) is 11.3 Å². The van der Waals surface area contributed by atoms with Gasteiger partial charge in [-0.15, -0.1) is 11.3 Å². The molecule has 0 unspecified atom stereocenters. The van der Waals surface area contributed by atoms with E-state index in [9.17, 15) is 13.2 Å². The molecular formula is C25H23N3O4S2. The number of para-hydroxylation sites is 1. The first kappa shape index (κ1) is 22.7. The van der Waals surface area contributed by atoms with E-state index >= 15 is 0 Å². The maximum absolute atomic E-state index is 12.7. The zero-order valence-corrected chi connectivity index (χ0v) is 19.9. The summed E-state index contributed by atoms with van der Waals surface area (Å²) in [5, 5.41) is 3.91. The fourth-order valence-electron chi connectivity index (χ4n) is 3.79. The van der Waals surface area contributed by atoms with Crippen LogP contribution in [0.1, 0.15) is 20.9 Å². The number of carbonyl (C=O) groups excluding carboxylic acids is 1. The smallest absolute Gasteiger partial charge is 0.255 e. The first-order valence-electron chi connectivity index (χ1n) is 10.9. The second-order valence-electron chi connectivity index (χ2n) is 7.94. The van der Waals surface area contributed by atoms with Crippen LogP contribution in [0.5, 0.6) is 0 Å². The van der Waals surface area contributed by atoms with E-state index in [2.05, 4.69) is 16.4 Å². The number of aromatic nitrogens is 1. The van der Waals surface area contributed by atoms with Crippen molar-refractivity contribution in [1.29, 1.82) is 0 Å². The van der Waals surface area contributed by atoms with Crippen LogP contribution in [0, 0.1) is 0 Å². The minimum atomic E-state index is -3.59. The highest BCUT2D eigenvalue weighted by molar-refractivity contribution is 7.89. The highest BCUT2D eigenvalue weighted by Crippen LogP contribution is 2.24. The fraction of sp³-hybridized carbons (Fsp3) is 0.200. The number of nitrogens with one attached hydrogen (secondary N) is 1. The van der Waals surface area contributed by atoms with Crippen molar-refractivity contribution >= 4 is 43.2 Å². The van der Waals surface area contributed by atoms with Crippen molar-refractivity contribution in [3.8, 4) is 0 Å². The third-order valence-corrected chi connectivity index (χ3v) is 8.58. The van der Waals surface area contributed by atoms with Crippen LogP contribution < -0.4 is 5.32 Å². The number of ether oxygens (including phenoxy) is 1. The van der Waals surface area contributed by atoms with Crippen LogP contribution in [0.3, 0.4) is 0 Å². The van der Waals surface area contributed by atoms with Gasteiger partial charge < -0.3 is 10.1 Å². The molecule has 0 bridgehead atoms. The van der Waals surface area contributed by atoms with Gasteiger partial charge in [0.2, 0.25) is 10.0 Å². The number of fused-ring (bicyclic) bond motifs is 1. The molecule has 1 fully saturated rings. The van der Waals surface area contributed by atoms with Crippen LogP contribution in [0.4, 0.5) is 5.69 Å². The SMILES string of the molecule is O=C(Nc1ccc(Cc2nc3ccccc3s2)cc1)c1ccc(S(=O)(=O)N2CCOCC2)cc1. The number of benzene rings is 3. The Morgan fingerprint density at radius 3 is 2.38 bits per heavy atom. The van der Waals surface area contributed by atoms with Gasteiger partial charge in [-0.2, -0.15) is 4.31 Å². The Kier molecular flexibility index (Phi) is 6.42. The molecule has 1 N–H and O–H groups in total. The number of rotatable bonds is 6. The lowest BCUT2D eigenvalue weighted by Gasteiger charge is -2.26. The lowest BCUT2D eigenvalue weighted by atomic mass is 10.1. The van der Waals surface area contributed by atoms with Crippen molar-refractivity contribution in [2.24, 2.45) is 0 Å². The Balaban J connectivity index is 1.22. The maximum atomic E-state index is 12.7. The molecule has 4 aromatic rings. The molecule has 1 amide bonds. The van der Waals surface area contributed by atoms with Gasteiger partial charge in [-0.05, 0) is 54.1 Å². The molecule has 5 rings (SSSR count). The van der Waals surface area contributed by atoms with Crippen LogP contribution in [-0.2, 0) is 21.2 Å². The first-order chi connectivity index (χ1) is 16.5. The summed E-state index contributed by atoms with van der Waals surface area (Å²) in [5.41, 5.74) is 3.17. The molecule has 0 spiro atoms. The van der Waals surface area contributed by atoms with E-state index in [1.807, 2.05) is 42.5 Å². The predicted octanol–water partition coefficient (Wildman–Crippen LogP) is 4.16. The van der Waals surface area contributed by atoms with E-state index in [4.69, 9.17) is 4.74 Å². The number of hydrogen-bond donors (Lipinski definition) is 1. The van der Waals surface area contributed by atoms with Gasteiger partial charge in [0.25, 0.3) is 5.91 Å². The molecule has 0 saturated carbocycles. The summed E-state index contributed by atoms with van der Waals surface area (Å²) in [6, 6.07) is 21.8. The molecule has 2 heterocycles. The Morgan fingerprint density at radius 1 is 0.971 bits per heavy atom.